The average molecular weight is 500 g/mol. The van der Waals surface area contributed by atoms with Crippen LogP contribution in [0.4, 0.5) is 30.7 Å². The Bertz CT molecular complexity index is 1020. The molecule has 1 amide bonds. The van der Waals surface area contributed by atoms with Crippen LogP contribution in [-0.4, -0.2) is 51.5 Å². The quantitative estimate of drug-likeness (QED) is 0.577. The molecule has 2 saturated heterocycles. The van der Waals surface area contributed by atoms with Crippen LogP contribution in [0.1, 0.15) is 48.3 Å². The monoisotopic (exact) mass is 500 g/mol. The molecule has 0 radical (unpaired) electrons. The van der Waals surface area contributed by atoms with Crippen LogP contribution in [0.15, 0.2) is 18.2 Å². The maximum Gasteiger partial charge on any atom is 0.435 e. The van der Waals surface area contributed by atoms with E-state index in [4.69, 9.17) is 4.78 Å². The SMILES string of the molecule is N=S1(=O)CCC(C(=O)N2CC[C@H]3c4ccc(C(F)(C(F)(F)F)C(F)(F)F)cc4CC[C@H]32)CC1. The minimum Gasteiger partial charge on any atom is -0.339 e. The lowest BCUT2D eigenvalue weighted by Gasteiger charge is -2.37. The van der Waals surface area contributed by atoms with Crippen LogP contribution in [-0.2, 0) is 26.6 Å². The van der Waals surface area contributed by atoms with Gasteiger partial charge in [0.05, 0.1) is 0 Å². The highest BCUT2D eigenvalue weighted by molar-refractivity contribution is 7.92. The number of benzene rings is 1. The number of carbonyl (C=O) groups excluding carboxylic acids is 1. The predicted octanol–water partition coefficient (Wildman–Crippen LogP) is 5.06. The predicted molar refractivity (Wildman–Crippen MR) is 106 cm³/mol. The van der Waals surface area contributed by atoms with Crippen molar-refractivity contribution >= 4 is 15.6 Å². The van der Waals surface area contributed by atoms with Crippen LogP contribution < -0.4 is 0 Å². The molecule has 1 aromatic rings. The van der Waals surface area contributed by atoms with Crippen molar-refractivity contribution in [3.8, 4) is 0 Å². The molecule has 0 saturated carbocycles. The second kappa shape index (κ2) is 7.84. The molecular weight excluding hydrogens is 477 g/mol. The second-order valence-corrected chi connectivity index (χ2v) is 11.5. The normalized spacial score (nSPS) is 30.6. The molecule has 184 valence electrons. The number of alkyl halides is 7. The van der Waals surface area contributed by atoms with Gasteiger partial charge in [0, 0.05) is 51.2 Å². The molecule has 2 atom stereocenters. The summed E-state index contributed by atoms with van der Waals surface area (Å²) in [5.74, 6) is -0.352. The summed E-state index contributed by atoms with van der Waals surface area (Å²) in [6, 6.07) is 2.12. The summed E-state index contributed by atoms with van der Waals surface area (Å²) in [5, 5.41) is 0. The number of rotatable bonds is 2. The average Bonchev–Trinajstić information content (AvgIpc) is 3.15. The first-order valence-corrected chi connectivity index (χ1v) is 12.6. The first-order chi connectivity index (χ1) is 15.2. The summed E-state index contributed by atoms with van der Waals surface area (Å²) in [5.41, 5.74) is -6.15. The van der Waals surface area contributed by atoms with Crippen LogP contribution in [0.25, 0.3) is 0 Å². The Labute approximate surface area is 186 Å². The van der Waals surface area contributed by atoms with Crippen LogP contribution in [0.3, 0.4) is 0 Å². The maximum atomic E-state index is 14.5. The topological polar surface area (TPSA) is 61.2 Å². The van der Waals surface area contributed by atoms with E-state index in [1.54, 1.807) is 4.90 Å². The second-order valence-electron chi connectivity index (χ2n) is 9.09. The van der Waals surface area contributed by atoms with Crippen molar-refractivity contribution in [1.29, 1.82) is 4.78 Å². The molecule has 1 N–H and O–H groups in total. The number of hydrogen-bond donors (Lipinski definition) is 1. The van der Waals surface area contributed by atoms with Gasteiger partial charge in [0.2, 0.25) is 5.91 Å². The van der Waals surface area contributed by atoms with Gasteiger partial charge < -0.3 is 4.90 Å². The Hall–Kier alpha value is -1.85. The molecule has 1 aromatic carbocycles. The van der Waals surface area contributed by atoms with E-state index in [2.05, 4.69) is 0 Å². The fraction of sp³-hybridized carbons (Fsp3) is 0.667. The molecule has 4 nitrogen and oxygen atoms in total. The third kappa shape index (κ3) is 4.01. The van der Waals surface area contributed by atoms with Gasteiger partial charge in [0.25, 0.3) is 0 Å². The number of likely N-dealkylation sites (tertiary alicyclic amines) is 1. The zero-order valence-corrected chi connectivity index (χ0v) is 18.3. The molecule has 2 aliphatic heterocycles. The molecule has 2 fully saturated rings. The van der Waals surface area contributed by atoms with E-state index in [0.29, 0.717) is 49.9 Å². The largest absolute Gasteiger partial charge is 0.435 e. The van der Waals surface area contributed by atoms with Crippen molar-refractivity contribution < 1.29 is 39.7 Å². The third-order valence-corrected chi connectivity index (χ3v) is 8.99. The van der Waals surface area contributed by atoms with E-state index < -0.39 is 33.3 Å². The van der Waals surface area contributed by atoms with Crippen molar-refractivity contribution in [2.24, 2.45) is 5.92 Å². The first kappa shape index (κ1) is 24.3. The number of nitrogens with zero attached hydrogens (tertiary/aromatic N) is 1. The number of carbonyl (C=O) groups is 1. The minimum atomic E-state index is -6.16. The summed E-state index contributed by atoms with van der Waals surface area (Å²) >= 11 is 0. The van der Waals surface area contributed by atoms with Crippen molar-refractivity contribution in [3.63, 3.8) is 0 Å². The van der Waals surface area contributed by atoms with Gasteiger partial charge in [-0.1, -0.05) is 18.2 Å². The summed E-state index contributed by atoms with van der Waals surface area (Å²) in [6.07, 6.45) is -10.6. The van der Waals surface area contributed by atoms with Gasteiger partial charge in [-0.25, -0.2) is 8.60 Å². The van der Waals surface area contributed by atoms with Gasteiger partial charge in [-0.15, -0.1) is 0 Å². The smallest absolute Gasteiger partial charge is 0.339 e. The molecule has 33 heavy (non-hydrogen) atoms. The standard InChI is InChI=1S/C21H23F7N2O2S/c22-19(20(23,24)25,21(26,27)28)14-2-3-15-13(11-14)1-4-17-16(15)5-8-30(17)18(31)12-6-9-33(29,32)10-7-12/h2-3,11-12,16-17,29H,1,4-10H2/t12?,16-,17+,33?/m0/s1. The van der Waals surface area contributed by atoms with E-state index in [1.807, 2.05) is 0 Å². The van der Waals surface area contributed by atoms with E-state index in [0.717, 1.165) is 6.07 Å². The van der Waals surface area contributed by atoms with E-state index >= 15 is 0 Å². The highest BCUT2D eigenvalue weighted by atomic mass is 32.2. The zero-order valence-electron chi connectivity index (χ0n) is 17.4. The lowest BCUT2D eigenvalue weighted by molar-refractivity contribution is -0.348. The van der Waals surface area contributed by atoms with Gasteiger partial charge in [0.15, 0.2) is 0 Å². The van der Waals surface area contributed by atoms with Gasteiger partial charge in [-0.2, -0.15) is 26.3 Å². The number of nitrogens with one attached hydrogen (secondary N) is 1. The van der Waals surface area contributed by atoms with E-state index in [-0.39, 0.29) is 47.3 Å². The Kier molecular flexibility index (Phi) is 5.77. The molecule has 0 aromatic heterocycles. The Balaban J connectivity index is 1.58. The molecule has 2 heterocycles. The zero-order chi connectivity index (χ0) is 24.4. The summed E-state index contributed by atoms with van der Waals surface area (Å²) < 4.78 is 113. The molecule has 0 bridgehead atoms. The summed E-state index contributed by atoms with van der Waals surface area (Å²) in [6.45, 7) is 0.403. The number of aryl methyl sites for hydroxylation is 1. The van der Waals surface area contributed by atoms with E-state index in [9.17, 15) is 39.7 Å². The molecule has 0 unspecified atom stereocenters. The fourth-order valence-electron chi connectivity index (χ4n) is 5.43. The van der Waals surface area contributed by atoms with E-state index in [1.165, 1.54) is 0 Å². The molecule has 0 spiro atoms. The molecule has 3 aliphatic rings. The summed E-state index contributed by atoms with van der Waals surface area (Å²) in [7, 11) is -2.63. The number of amides is 1. The van der Waals surface area contributed by atoms with Crippen LogP contribution in [0.5, 0.6) is 0 Å². The van der Waals surface area contributed by atoms with Crippen molar-refractivity contribution in [1.82, 2.24) is 4.90 Å². The molecule has 12 heteroatoms. The molecule has 1 aliphatic carbocycles. The van der Waals surface area contributed by atoms with Crippen LogP contribution in [0, 0.1) is 10.7 Å². The first-order valence-electron chi connectivity index (χ1n) is 10.7. The maximum absolute atomic E-state index is 14.5. The minimum absolute atomic E-state index is 0.102. The van der Waals surface area contributed by atoms with Gasteiger partial charge >= 0.3 is 18.0 Å². The lowest BCUT2D eigenvalue weighted by Crippen LogP contribution is -2.50. The number of fused-ring (bicyclic) bond motifs is 3. The Morgan fingerprint density at radius 3 is 2.15 bits per heavy atom. The van der Waals surface area contributed by atoms with Crippen molar-refractivity contribution in [2.45, 2.75) is 62.1 Å². The van der Waals surface area contributed by atoms with Gasteiger partial charge in [0.1, 0.15) is 0 Å². The van der Waals surface area contributed by atoms with Crippen molar-refractivity contribution in [3.05, 3.63) is 34.9 Å². The molecular formula is C21H23F7N2O2S. The third-order valence-electron chi connectivity index (χ3n) is 7.20. The van der Waals surface area contributed by atoms with Crippen LogP contribution >= 0.6 is 0 Å². The highest BCUT2D eigenvalue weighted by Crippen LogP contribution is 2.54. The Morgan fingerprint density at radius 1 is 0.970 bits per heavy atom. The number of halogens is 7. The van der Waals surface area contributed by atoms with Gasteiger partial charge in [-0.3, -0.25) is 9.57 Å². The van der Waals surface area contributed by atoms with Crippen molar-refractivity contribution in [2.75, 3.05) is 18.1 Å². The summed E-state index contributed by atoms with van der Waals surface area (Å²) in [4.78, 5) is 14.8. The number of hydrogen-bond acceptors (Lipinski definition) is 3. The highest BCUT2D eigenvalue weighted by Gasteiger charge is 2.73. The Morgan fingerprint density at radius 2 is 1.58 bits per heavy atom. The molecule has 4 rings (SSSR count). The lowest BCUT2D eigenvalue weighted by atomic mass is 9.77. The fourth-order valence-corrected chi connectivity index (χ4v) is 6.96. The van der Waals surface area contributed by atoms with Crippen LogP contribution in [0.2, 0.25) is 0 Å². The van der Waals surface area contributed by atoms with Gasteiger partial charge in [-0.05, 0) is 43.2 Å².